The molecule has 2 heterocycles. The van der Waals surface area contributed by atoms with Crippen LogP contribution in [0.1, 0.15) is 81.1 Å². The zero-order valence-electron chi connectivity index (χ0n) is 26.8. The van der Waals surface area contributed by atoms with Gasteiger partial charge >= 0.3 is 5.97 Å². The summed E-state index contributed by atoms with van der Waals surface area (Å²) in [6.45, 7) is 4.89. The molecule has 0 spiro atoms. The van der Waals surface area contributed by atoms with Crippen LogP contribution in [-0.4, -0.2) is 69.0 Å². The first-order valence-corrected chi connectivity index (χ1v) is 18.0. The molecule has 1 atom stereocenters. The number of hydrogen-bond acceptors (Lipinski definition) is 9. The van der Waals surface area contributed by atoms with Gasteiger partial charge in [0.25, 0.3) is 5.91 Å². The van der Waals surface area contributed by atoms with Crippen molar-refractivity contribution in [3.8, 4) is 5.75 Å². The number of carbonyl (C=O) groups excluding carboxylic acids is 3. The largest absolute Gasteiger partial charge is 0.491 e. The van der Waals surface area contributed by atoms with Crippen molar-refractivity contribution in [3.63, 3.8) is 0 Å². The highest BCUT2D eigenvalue weighted by Crippen LogP contribution is 2.53. The number of nitrogens with two attached hydrogens (primary N) is 1. The van der Waals surface area contributed by atoms with Gasteiger partial charge in [0.1, 0.15) is 17.7 Å². The third kappa shape index (κ3) is 6.75. The minimum atomic E-state index is -4.16. The monoisotopic (exact) mass is 671 g/mol. The van der Waals surface area contributed by atoms with E-state index < -0.39 is 55.1 Å². The van der Waals surface area contributed by atoms with E-state index in [1.54, 1.807) is 24.3 Å². The number of amides is 2. The molecule has 2 bridgehead atoms. The third-order valence-corrected chi connectivity index (χ3v) is 11.8. The van der Waals surface area contributed by atoms with E-state index in [-0.39, 0.29) is 36.0 Å². The fourth-order valence-electron chi connectivity index (χ4n) is 7.24. The first-order valence-electron chi connectivity index (χ1n) is 16.3. The molecular weight excluding hydrogens is 629 g/mol. The number of halogens is 1. The van der Waals surface area contributed by atoms with E-state index in [0.717, 1.165) is 12.1 Å². The molecule has 11 nitrogen and oxygen atoms in total. The van der Waals surface area contributed by atoms with Crippen molar-refractivity contribution in [2.24, 2.45) is 11.1 Å². The van der Waals surface area contributed by atoms with Gasteiger partial charge in [-0.2, -0.15) is 0 Å². The molecule has 47 heavy (non-hydrogen) atoms. The molecule has 0 unspecified atom stereocenters. The van der Waals surface area contributed by atoms with Gasteiger partial charge in [0, 0.05) is 18.4 Å². The summed E-state index contributed by atoms with van der Waals surface area (Å²) < 4.78 is 59.1. The van der Waals surface area contributed by atoms with E-state index in [1.165, 1.54) is 4.90 Å². The number of benzene rings is 2. The maximum absolute atomic E-state index is 15.6. The summed E-state index contributed by atoms with van der Waals surface area (Å²) in [5, 5.41) is 3.02. The lowest BCUT2D eigenvalue weighted by molar-refractivity contribution is -0.173. The van der Waals surface area contributed by atoms with Crippen molar-refractivity contribution in [1.82, 2.24) is 5.32 Å². The van der Waals surface area contributed by atoms with Gasteiger partial charge in [-0.3, -0.25) is 14.4 Å². The molecule has 3 N–H and O–H groups in total. The Balaban J connectivity index is 1.23. The fourth-order valence-corrected chi connectivity index (χ4v) is 8.81. The molecule has 4 fully saturated rings. The van der Waals surface area contributed by atoms with Gasteiger partial charge in [-0.25, -0.2) is 12.8 Å². The van der Waals surface area contributed by atoms with Gasteiger partial charge in [0.15, 0.2) is 9.84 Å². The van der Waals surface area contributed by atoms with E-state index in [1.807, 2.05) is 13.8 Å². The number of hydrogen-bond donors (Lipinski definition) is 2. The lowest BCUT2D eigenvalue weighted by Crippen LogP contribution is -2.58. The molecule has 254 valence electrons. The van der Waals surface area contributed by atoms with Crippen LogP contribution < -0.4 is 20.7 Å². The van der Waals surface area contributed by atoms with Crippen molar-refractivity contribution in [2.45, 2.75) is 100 Å². The predicted molar refractivity (Wildman–Crippen MR) is 170 cm³/mol. The molecule has 0 radical (unpaired) electrons. The highest BCUT2D eigenvalue weighted by molar-refractivity contribution is 7.91. The zero-order valence-corrected chi connectivity index (χ0v) is 27.6. The summed E-state index contributed by atoms with van der Waals surface area (Å²) >= 11 is 0. The normalized spacial score (nSPS) is 27.2. The van der Waals surface area contributed by atoms with E-state index in [9.17, 15) is 22.8 Å². The van der Waals surface area contributed by atoms with Crippen LogP contribution in [0.15, 0.2) is 41.3 Å². The average Bonchev–Trinajstić information content (AvgIpc) is 3.10. The number of esters is 1. The Morgan fingerprint density at radius 3 is 2.32 bits per heavy atom. The maximum Gasteiger partial charge on any atom is 0.312 e. The first kappa shape index (κ1) is 33.4. The molecule has 1 saturated heterocycles. The van der Waals surface area contributed by atoms with Crippen molar-refractivity contribution in [1.29, 1.82) is 0 Å². The van der Waals surface area contributed by atoms with Crippen molar-refractivity contribution < 1.29 is 41.4 Å². The summed E-state index contributed by atoms with van der Waals surface area (Å²) in [6.07, 6.45) is 4.40. The molecule has 2 amide bonds. The molecule has 0 aromatic heterocycles. The Hall–Kier alpha value is -3.55. The third-order valence-electron chi connectivity index (χ3n) is 10.0. The molecular formula is C34H42FN3O8S. The van der Waals surface area contributed by atoms with Crippen molar-refractivity contribution in [2.75, 3.05) is 23.9 Å². The zero-order chi connectivity index (χ0) is 33.6. The second-order valence-electron chi connectivity index (χ2n) is 13.7. The molecule has 2 aromatic rings. The minimum Gasteiger partial charge on any atom is -0.491 e. The molecule has 13 heteroatoms. The molecule has 3 saturated carbocycles. The van der Waals surface area contributed by atoms with E-state index in [0.29, 0.717) is 75.9 Å². The predicted octanol–water partition coefficient (Wildman–Crippen LogP) is 3.81. The number of nitrogens with zero attached hydrogens (tertiary/aromatic N) is 1. The van der Waals surface area contributed by atoms with E-state index in [4.69, 9.17) is 19.9 Å². The van der Waals surface area contributed by atoms with Crippen molar-refractivity contribution >= 4 is 33.3 Å². The number of anilines is 1. The molecule has 2 aliphatic heterocycles. The summed E-state index contributed by atoms with van der Waals surface area (Å²) in [7, 11) is -4.16. The van der Waals surface area contributed by atoms with Gasteiger partial charge in [0.2, 0.25) is 5.91 Å². The van der Waals surface area contributed by atoms with Crippen molar-refractivity contribution in [3.05, 3.63) is 53.3 Å². The maximum atomic E-state index is 15.6. The van der Waals surface area contributed by atoms with Gasteiger partial charge in [-0.1, -0.05) is 12.1 Å². The average molecular weight is 672 g/mol. The molecule has 3 aliphatic carbocycles. The van der Waals surface area contributed by atoms with Crippen LogP contribution in [0.5, 0.6) is 5.75 Å². The quantitative estimate of drug-likeness (QED) is 0.399. The van der Waals surface area contributed by atoms with E-state index >= 15 is 4.39 Å². The Morgan fingerprint density at radius 1 is 1.06 bits per heavy atom. The van der Waals surface area contributed by atoms with Crippen LogP contribution in [0.4, 0.5) is 10.1 Å². The van der Waals surface area contributed by atoms with Gasteiger partial charge in [-0.15, -0.1) is 0 Å². The fraction of sp³-hybridized carbons (Fsp3) is 0.559. The summed E-state index contributed by atoms with van der Waals surface area (Å²) in [5.74, 6) is -2.63. The van der Waals surface area contributed by atoms with Crippen LogP contribution in [-0.2, 0) is 35.4 Å². The highest BCUT2D eigenvalue weighted by atomic mass is 32.2. The first-order chi connectivity index (χ1) is 22.3. The van der Waals surface area contributed by atoms with Crippen LogP contribution in [0.2, 0.25) is 0 Å². The highest BCUT2D eigenvalue weighted by Gasteiger charge is 2.54. The second-order valence-corrected chi connectivity index (χ2v) is 15.7. The Kier molecular flexibility index (Phi) is 9.09. The lowest BCUT2D eigenvalue weighted by atomic mass is 9.57. The molecule has 2 aromatic carbocycles. The summed E-state index contributed by atoms with van der Waals surface area (Å²) in [5.41, 5.74) is 4.99. The lowest BCUT2D eigenvalue weighted by Gasteiger charge is -2.52. The number of ether oxygens (including phenoxy) is 3. The van der Waals surface area contributed by atoms with Gasteiger partial charge < -0.3 is 30.2 Å². The molecule has 7 rings (SSSR count). The molecule has 5 aliphatic rings. The Morgan fingerprint density at radius 2 is 1.70 bits per heavy atom. The van der Waals surface area contributed by atoms with Gasteiger partial charge in [-0.05, 0) is 82.2 Å². The number of sulfone groups is 1. The number of carbonyl (C=O) groups is 3. The van der Waals surface area contributed by atoms with Crippen LogP contribution >= 0.6 is 0 Å². The van der Waals surface area contributed by atoms with Crippen LogP contribution in [0.3, 0.4) is 0 Å². The Bertz CT molecular complexity index is 1630. The number of fused-ring (bicyclic) bond motifs is 4. The van der Waals surface area contributed by atoms with Crippen LogP contribution in [0, 0.1) is 11.2 Å². The number of rotatable bonds is 8. The SMILES string of the molecule is CC(C)Oc1ccc(CN2C(=O)[C@@H](N)CS(=O)(=O)c3cc(F)c(C(=O)NC45CCC(C(=O)OC6CCOCC6)(CC4)CC5)cc32)cc1. The summed E-state index contributed by atoms with van der Waals surface area (Å²) in [4.78, 5) is 41.2. The van der Waals surface area contributed by atoms with E-state index in [2.05, 4.69) is 5.32 Å². The van der Waals surface area contributed by atoms with Gasteiger partial charge in [0.05, 0.1) is 59.2 Å². The number of nitrogens with one attached hydrogen (secondary N) is 1. The second kappa shape index (κ2) is 12.8. The standard InChI is InChI=1S/C34H42FN3O8S/c1-21(2)45-23-5-3-22(4-6-23)19-38-28-17-25(26(35)18-29(28)47(42,43)20-27(36)31(38)40)30(39)37-34-12-9-33(10-13-34,11-14-34)32(41)46-24-7-15-44-16-8-24/h3-6,17-18,21,24,27H,7-16,19-20,36H2,1-2H3,(H,37,39)/t27-,33?,34?/m0/s1. The minimum absolute atomic E-state index is 0.0365. The summed E-state index contributed by atoms with van der Waals surface area (Å²) in [6, 6.07) is 7.56. The Labute approximate surface area is 274 Å². The van der Waals surface area contributed by atoms with Crippen LogP contribution in [0.25, 0.3) is 0 Å². The smallest absolute Gasteiger partial charge is 0.312 e. The topological polar surface area (TPSA) is 154 Å².